The number of nitrogens with zero attached hydrogens (tertiary/aromatic N) is 1. The highest BCUT2D eigenvalue weighted by atomic mass is 79.9. The van der Waals surface area contributed by atoms with Crippen molar-refractivity contribution < 1.29 is 22.0 Å². The van der Waals surface area contributed by atoms with Crippen LogP contribution in [0.3, 0.4) is 0 Å². The number of halogens is 3. The van der Waals surface area contributed by atoms with Crippen LogP contribution in [0.15, 0.2) is 51.8 Å². The first-order valence-electron chi connectivity index (χ1n) is 8.29. The van der Waals surface area contributed by atoms with E-state index in [1.54, 1.807) is 12.1 Å². The summed E-state index contributed by atoms with van der Waals surface area (Å²) in [5.41, 5.74) is -0.257. The topological polar surface area (TPSA) is 66.5 Å². The summed E-state index contributed by atoms with van der Waals surface area (Å²) < 4.78 is 54.6. The van der Waals surface area contributed by atoms with Crippen LogP contribution in [0, 0.1) is 17.6 Å². The smallest absolute Gasteiger partial charge is 0.243 e. The molecule has 9 heteroatoms. The number of hydrogen-bond acceptors (Lipinski definition) is 3. The molecule has 0 radical (unpaired) electrons. The van der Waals surface area contributed by atoms with E-state index >= 15 is 0 Å². The van der Waals surface area contributed by atoms with Crippen molar-refractivity contribution in [3.05, 3.63) is 58.6 Å². The zero-order valence-electron chi connectivity index (χ0n) is 14.2. The third kappa shape index (κ3) is 4.53. The first kappa shape index (κ1) is 19.9. The lowest BCUT2D eigenvalue weighted by Gasteiger charge is -2.31. The van der Waals surface area contributed by atoms with E-state index < -0.39 is 33.5 Å². The minimum Gasteiger partial charge on any atom is -0.323 e. The first-order valence-corrected chi connectivity index (χ1v) is 10.5. The summed E-state index contributed by atoms with van der Waals surface area (Å²) in [6, 6.07) is 9.03. The van der Waals surface area contributed by atoms with Crippen molar-refractivity contribution in [1.82, 2.24) is 4.31 Å². The Balaban J connectivity index is 1.74. The van der Waals surface area contributed by atoms with Gasteiger partial charge in [-0.25, -0.2) is 17.2 Å². The molecule has 1 fully saturated rings. The number of carbonyl (C=O) groups excluding carboxylic acids is 1. The second-order valence-electron chi connectivity index (χ2n) is 6.27. The maximum absolute atomic E-state index is 13.7. The van der Waals surface area contributed by atoms with Gasteiger partial charge in [0.1, 0.15) is 11.6 Å². The molecule has 2 aromatic carbocycles. The fraction of sp³-hybridized carbons (Fsp3) is 0.278. The average Bonchev–Trinajstić information content (AvgIpc) is 2.65. The molecule has 0 aromatic heterocycles. The zero-order valence-corrected chi connectivity index (χ0v) is 16.6. The Kier molecular flexibility index (Phi) is 5.92. The maximum Gasteiger partial charge on any atom is 0.243 e. The summed E-state index contributed by atoms with van der Waals surface area (Å²) in [4.78, 5) is 12.6. The Morgan fingerprint density at radius 2 is 1.85 bits per heavy atom. The Morgan fingerprint density at radius 3 is 2.56 bits per heavy atom. The molecular weight excluding hydrogens is 442 g/mol. The van der Waals surface area contributed by atoms with Crippen molar-refractivity contribution in [1.29, 1.82) is 0 Å². The van der Waals surface area contributed by atoms with Crippen molar-refractivity contribution in [2.45, 2.75) is 17.7 Å². The summed E-state index contributed by atoms with van der Waals surface area (Å²) in [7, 11) is -3.73. The predicted octanol–water partition coefficient (Wildman–Crippen LogP) is 3.77. The van der Waals surface area contributed by atoms with E-state index in [2.05, 4.69) is 21.2 Å². The van der Waals surface area contributed by atoms with Crippen LogP contribution < -0.4 is 5.32 Å². The highest BCUT2D eigenvalue weighted by molar-refractivity contribution is 9.10. The van der Waals surface area contributed by atoms with Crippen molar-refractivity contribution in [3.63, 3.8) is 0 Å². The summed E-state index contributed by atoms with van der Waals surface area (Å²) in [5.74, 6) is -2.60. The number of anilines is 1. The first-order chi connectivity index (χ1) is 12.8. The normalized spacial score (nSPS) is 18.3. The van der Waals surface area contributed by atoms with Gasteiger partial charge in [-0.1, -0.05) is 15.9 Å². The molecule has 1 saturated heterocycles. The number of nitrogens with one attached hydrogen (secondary N) is 1. The Hall–Kier alpha value is -1.84. The molecule has 0 unspecified atom stereocenters. The molecule has 2 aromatic rings. The van der Waals surface area contributed by atoms with Gasteiger partial charge in [-0.2, -0.15) is 4.31 Å². The lowest BCUT2D eigenvalue weighted by molar-refractivity contribution is -0.120. The van der Waals surface area contributed by atoms with Crippen LogP contribution in [-0.4, -0.2) is 31.7 Å². The Bertz CT molecular complexity index is 952. The lowest BCUT2D eigenvalue weighted by atomic mass is 9.98. The molecule has 1 aliphatic heterocycles. The molecule has 0 bridgehead atoms. The van der Waals surface area contributed by atoms with Crippen molar-refractivity contribution in [2.24, 2.45) is 5.92 Å². The van der Waals surface area contributed by atoms with Gasteiger partial charge >= 0.3 is 0 Å². The molecule has 5 nitrogen and oxygen atoms in total. The number of hydrogen-bond donors (Lipinski definition) is 1. The Morgan fingerprint density at radius 1 is 1.15 bits per heavy atom. The molecule has 144 valence electrons. The van der Waals surface area contributed by atoms with E-state index in [9.17, 15) is 22.0 Å². The second kappa shape index (κ2) is 8.04. The molecule has 0 saturated carbocycles. The SMILES string of the molecule is O=C(Nc1cc(F)ccc1F)[C@H]1CCCN(S(=O)(=O)c2ccc(Br)cc2)C1. The molecule has 1 N–H and O–H groups in total. The summed E-state index contributed by atoms with van der Waals surface area (Å²) in [6.45, 7) is 0.289. The molecule has 1 amide bonds. The molecule has 1 atom stereocenters. The van der Waals surface area contributed by atoms with E-state index in [0.717, 1.165) is 22.7 Å². The number of piperidine rings is 1. The standard InChI is InChI=1S/C18H17BrF2N2O3S/c19-13-3-6-15(7-4-13)27(25,26)23-9-1-2-12(11-23)18(24)22-17-10-14(20)5-8-16(17)21/h3-8,10,12H,1-2,9,11H2,(H,22,24)/t12-/m0/s1. The fourth-order valence-corrected chi connectivity index (χ4v) is 4.75. The zero-order chi connectivity index (χ0) is 19.6. The van der Waals surface area contributed by atoms with E-state index in [4.69, 9.17) is 0 Å². The fourth-order valence-electron chi connectivity index (χ4n) is 2.96. The van der Waals surface area contributed by atoms with E-state index in [0.29, 0.717) is 19.4 Å². The van der Waals surface area contributed by atoms with Gasteiger partial charge in [0, 0.05) is 23.6 Å². The quantitative estimate of drug-likeness (QED) is 0.758. The van der Waals surface area contributed by atoms with Crippen LogP contribution in [0.25, 0.3) is 0 Å². The minimum absolute atomic E-state index is 0.0127. The van der Waals surface area contributed by atoms with Crippen LogP contribution in [0.1, 0.15) is 12.8 Å². The predicted molar refractivity (Wildman–Crippen MR) is 101 cm³/mol. The lowest BCUT2D eigenvalue weighted by Crippen LogP contribution is -2.43. The third-order valence-electron chi connectivity index (χ3n) is 4.39. The number of rotatable bonds is 4. The second-order valence-corrected chi connectivity index (χ2v) is 9.12. The van der Waals surface area contributed by atoms with Crippen LogP contribution >= 0.6 is 15.9 Å². The van der Waals surface area contributed by atoms with Gasteiger partial charge in [0.15, 0.2) is 0 Å². The molecule has 27 heavy (non-hydrogen) atoms. The highest BCUT2D eigenvalue weighted by Crippen LogP contribution is 2.26. The summed E-state index contributed by atoms with van der Waals surface area (Å²) in [6.07, 6.45) is 0.967. The Labute approximate surface area is 164 Å². The largest absolute Gasteiger partial charge is 0.323 e. The molecular formula is C18H17BrF2N2O3S. The molecule has 3 rings (SSSR count). The summed E-state index contributed by atoms with van der Waals surface area (Å²) >= 11 is 3.26. The summed E-state index contributed by atoms with van der Waals surface area (Å²) in [5, 5.41) is 2.36. The van der Waals surface area contributed by atoms with Gasteiger partial charge in [-0.15, -0.1) is 0 Å². The molecule has 0 aliphatic carbocycles. The highest BCUT2D eigenvalue weighted by Gasteiger charge is 2.33. The maximum atomic E-state index is 13.7. The van der Waals surface area contributed by atoms with Gasteiger partial charge in [0.2, 0.25) is 15.9 Å². The number of amides is 1. The number of benzene rings is 2. The van der Waals surface area contributed by atoms with Crippen LogP contribution in [0.2, 0.25) is 0 Å². The van der Waals surface area contributed by atoms with E-state index in [1.165, 1.54) is 16.4 Å². The molecule has 1 heterocycles. The molecule has 1 aliphatic rings. The van der Waals surface area contributed by atoms with Gasteiger partial charge < -0.3 is 5.32 Å². The van der Waals surface area contributed by atoms with Crippen LogP contribution in [-0.2, 0) is 14.8 Å². The van der Waals surface area contributed by atoms with Gasteiger partial charge in [-0.05, 0) is 49.2 Å². The third-order valence-corrected chi connectivity index (χ3v) is 6.80. The van der Waals surface area contributed by atoms with Crippen LogP contribution in [0.5, 0.6) is 0 Å². The van der Waals surface area contributed by atoms with Gasteiger partial charge in [0.05, 0.1) is 16.5 Å². The van der Waals surface area contributed by atoms with Crippen molar-refractivity contribution in [3.8, 4) is 0 Å². The van der Waals surface area contributed by atoms with Crippen LogP contribution in [0.4, 0.5) is 14.5 Å². The van der Waals surface area contributed by atoms with Gasteiger partial charge in [-0.3, -0.25) is 4.79 Å². The molecule has 0 spiro atoms. The van der Waals surface area contributed by atoms with E-state index in [1.807, 2.05) is 0 Å². The van der Waals surface area contributed by atoms with E-state index in [-0.39, 0.29) is 17.1 Å². The van der Waals surface area contributed by atoms with Gasteiger partial charge in [0.25, 0.3) is 0 Å². The average molecular weight is 459 g/mol. The monoisotopic (exact) mass is 458 g/mol. The number of sulfonamides is 1. The minimum atomic E-state index is -3.73. The van der Waals surface area contributed by atoms with Crippen molar-refractivity contribution in [2.75, 3.05) is 18.4 Å². The van der Waals surface area contributed by atoms with Crippen molar-refractivity contribution >= 4 is 37.5 Å². The number of carbonyl (C=O) groups is 1.